The SMILES string of the molecule is O=Cc1noc(CC2CCCO2)n1. The van der Waals surface area contributed by atoms with Crippen molar-refractivity contribution in [2.24, 2.45) is 0 Å². The highest BCUT2D eigenvalue weighted by Gasteiger charge is 2.19. The molecule has 5 nitrogen and oxygen atoms in total. The third-order valence-electron chi connectivity index (χ3n) is 2.02. The van der Waals surface area contributed by atoms with Gasteiger partial charge in [-0.3, -0.25) is 4.79 Å². The van der Waals surface area contributed by atoms with Gasteiger partial charge in [-0.05, 0) is 12.8 Å². The van der Waals surface area contributed by atoms with Gasteiger partial charge in [-0.25, -0.2) is 0 Å². The zero-order valence-electron chi connectivity index (χ0n) is 7.10. The van der Waals surface area contributed by atoms with E-state index in [1.54, 1.807) is 0 Å². The van der Waals surface area contributed by atoms with Crippen molar-refractivity contribution in [3.63, 3.8) is 0 Å². The summed E-state index contributed by atoms with van der Waals surface area (Å²) in [5, 5.41) is 3.47. The Morgan fingerprint density at radius 2 is 2.54 bits per heavy atom. The van der Waals surface area contributed by atoms with Crippen molar-refractivity contribution in [1.82, 2.24) is 10.1 Å². The zero-order valence-corrected chi connectivity index (χ0v) is 7.10. The minimum Gasteiger partial charge on any atom is -0.378 e. The molecule has 1 aliphatic heterocycles. The number of carbonyl (C=O) groups excluding carboxylic acids is 1. The fourth-order valence-corrected chi connectivity index (χ4v) is 1.40. The van der Waals surface area contributed by atoms with E-state index in [1.807, 2.05) is 0 Å². The van der Waals surface area contributed by atoms with Crippen molar-refractivity contribution in [2.75, 3.05) is 6.61 Å². The van der Waals surface area contributed by atoms with Crippen molar-refractivity contribution >= 4 is 6.29 Å². The molecule has 13 heavy (non-hydrogen) atoms. The summed E-state index contributed by atoms with van der Waals surface area (Å²) >= 11 is 0. The Morgan fingerprint density at radius 1 is 1.62 bits per heavy atom. The normalized spacial score (nSPS) is 22.0. The summed E-state index contributed by atoms with van der Waals surface area (Å²) in [6.07, 6.45) is 3.47. The van der Waals surface area contributed by atoms with Crippen molar-refractivity contribution in [1.29, 1.82) is 0 Å². The van der Waals surface area contributed by atoms with E-state index < -0.39 is 0 Å². The van der Waals surface area contributed by atoms with Crippen molar-refractivity contribution in [3.05, 3.63) is 11.7 Å². The molecule has 0 N–H and O–H groups in total. The minimum absolute atomic E-state index is 0.105. The first kappa shape index (κ1) is 8.37. The smallest absolute Gasteiger partial charge is 0.235 e. The van der Waals surface area contributed by atoms with E-state index in [-0.39, 0.29) is 11.9 Å². The van der Waals surface area contributed by atoms with Crippen LogP contribution in [-0.2, 0) is 11.2 Å². The van der Waals surface area contributed by atoms with Gasteiger partial charge in [0.1, 0.15) is 0 Å². The monoisotopic (exact) mass is 182 g/mol. The predicted octanol–water partition coefficient (Wildman–Crippen LogP) is 0.604. The van der Waals surface area contributed by atoms with Gasteiger partial charge >= 0.3 is 0 Å². The first-order chi connectivity index (χ1) is 6.38. The largest absolute Gasteiger partial charge is 0.378 e. The molecule has 5 heteroatoms. The molecule has 0 aromatic carbocycles. The third-order valence-corrected chi connectivity index (χ3v) is 2.02. The molecule has 0 bridgehead atoms. The second-order valence-electron chi connectivity index (χ2n) is 3.00. The molecule has 2 heterocycles. The number of ether oxygens (including phenoxy) is 1. The van der Waals surface area contributed by atoms with Crippen LogP contribution in [0.25, 0.3) is 0 Å². The van der Waals surface area contributed by atoms with Crippen LogP contribution in [0.4, 0.5) is 0 Å². The number of carbonyl (C=O) groups is 1. The molecule has 1 fully saturated rings. The predicted molar refractivity (Wildman–Crippen MR) is 42.4 cm³/mol. The number of rotatable bonds is 3. The molecule has 1 aliphatic rings. The summed E-state index contributed by atoms with van der Waals surface area (Å²) in [5.74, 6) is 0.585. The Morgan fingerprint density at radius 3 is 3.15 bits per heavy atom. The van der Waals surface area contributed by atoms with Gasteiger partial charge in [0.25, 0.3) is 0 Å². The maximum atomic E-state index is 10.2. The van der Waals surface area contributed by atoms with Gasteiger partial charge in [0.2, 0.25) is 11.7 Å². The number of aromatic nitrogens is 2. The van der Waals surface area contributed by atoms with Gasteiger partial charge < -0.3 is 9.26 Å². The lowest BCUT2D eigenvalue weighted by molar-refractivity contribution is 0.104. The number of nitrogens with zero attached hydrogens (tertiary/aromatic N) is 2. The van der Waals surface area contributed by atoms with Gasteiger partial charge in [0, 0.05) is 6.61 Å². The van der Waals surface area contributed by atoms with Gasteiger partial charge in [0.05, 0.1) is 12.5 Å². The molecule has 0 spiro atoms. The molecule has 1 saturated heterocycles. The number of hydrogen-bond donors (Lipinski definition) is 0. The average Bonchev–Trinajstić information content (AvgIpc) is 2.76. The van der Waals surface area contributed by atoms with E-state index in [9.17, 15) is 4.79 Å². The van der Waals surface area contributed by atoms with Gasteiger partial charge in [-0.15, -0.1) is 0 Å². The topological polar surface area (TPSA) is 65.2 Å². The zero-order chi connectivity index (χ0) is 9.10. The summed E-state index contributed by atoms with van der Waals surface area (Å²) in [6.45, 7) is 0.805. The molecule has 1 unspecified atom stereocenters. The van der Waals surface area contributed by atoms with E-state index in [0.29, 0.717) is 18.6 Å². The molecule has 1 atom stereocenters. The van der Waals surface area contributed by atoms with Crippen molar-refractivity contribution in [2.45, 2.75) is 25.4 Å². The van der Waals surface area contributed by atoms with E-state index in [0.717, 1.165) is 19.4 Å². The summed E-state index contributed by atoms with van der Waals surface area (Å²) < 4.78 is 10.2. The maximum absolute atomic E-state index is 10.2. The summed E-state index contributed by atoms with van der Waals surface area (Å²) in [4.78, 5) is 14.1. The Hall–Kier alpha value is -1.23. The molecule has 70 valence electrons. The van der Waals surface area contributed by atoms with Crippen LogP contribution in [0.2, 0.25) is 0 Å². The van der Waals surface area contributed by atoms with Crippen LogP contribution in [0.5, 0.6) is 0 Å². The van der Waals surface area contributed by atoms with E-state index in [1.165, 1.54) is 0 Å². The fourth-order valence-electron chi connectivity index (χ4n) is 1.40. The molecule has 1 aromatic heterocycles. The summed E-state index contributed by atoms with van der Waals surface area (Å²) in [6, 6.07) is 0. The highest BCUT2D eigenvalue weighted by atomic mass is 16.5. The van der Waals surface area contributed by atoms with Crippen LogP contribution in [0, 0.1) is 0 Å². The van der Waals surface area contributed by atoms with Crippen LogP contribution in [-0.4, -0.2) is 29.1 Å². The van der Waals surface area contributed by atoms with Crippen LogP contribution in [0.15, 0.2) is 4.52 Å². The van der Waals surface area contributed by atoms with Crippen LogP contribution in [0.3, 0.4) is 0 Å². The molecule has 0 saturated carbocycles. The van der Waals surface area contributed by atoms with Crippen molar-refractivity contribution in [3.8, 4) is 0 Å². The maximum Gasteiger partial charge on any atom is 0.235 e. The molecular formula is C8H10N2O3. The van der Waals surface area contributed by atoms with E-state index in [4.69, 9.17) is 9.26 Å². The first-order valence-electron chi connectivity index (χ1n) is 4.28. The second-order valence-corrected chi connectivity index (χ2v) is 3.00. The summed E-state index contributed by atoms with van der Waals surface area (Å²) in [5.41, 5.74) is 0. The lowest BCUT2D eigenvalue weighted by atomic mass is 10.2. The Balaban J connectivity index is 1.96. The molecule has 1 aromatic rings. The molecular weight excluding hydrogens is 172 g/mol. The highest BCUT2D eigenvalue weighted by molar-refractivity contribution is 5.68. The van der Waals surface area contributed by atoms with E-state index in [2.05, 4.69) is 10.1 Å². The molecule has 0 radical (unpaired) electrons. The average molecular weight is 182 g/mol. The Bertz CT molecular complexity index is 291. The van der Waals surface area contributed by atoms with Crippen LogP contribution < -0.4 is 0 Å². The van der Waals surface area contributed by atoms with Crippen LogP contribution >= 0.6 is 0 Å². The lowest BCUT2D eigenvalue weighted by Crippen LogP contribution is -2.08. The van der Waals surface area contributed by atoms with Gasteiger partial charge in [-0.2, -0.15) is 4.98 Å². The van der Waals surface area contributed by atoms with Crippen LogP contribution in [0.1, 0.15) is 29.4 Å². The minimum atomic E-state index is 0.105. The highest BCUT2D eigenvalue weighted by Crippen LogP contribution is 2.15. The van der Waals surface area contributed by atoms with Gasteiger partial charge in [0.15, 0.2) is 6.29 Å². The number of hydrogen-bond acceptors (Lipinski definition) is 5. The lowest BCUT2D eigenvalue weighted by Gasteiger charge is -2.03. The summed E-state index contributed by atoms with van der Waals surface area (Å²) in [7, 11) is 0. The Labute approximate surface area is 75.1 Å². The quantitative estimate of drug-likeness (QED) is 0.640. The first-order valence-corrected chi connectivity index (χ1v) is 4.28. The Kier molecular flexibility index (Phi) is 2.35. The molecule has 0 amide bonds. The molecule has 0 aliphatic carbocycles. The number of aldehydes is 1. The van der Waals surface area contributed by atoms with Crippen molar-refractivity contribution < 1.29 is 14.1 Å². The molecule has 2 rings (SSSR count). The third kappa shape index (κ3) is 1.92. The van der Waals surface area contributed by atoms with Gasteiger partial charge in [-0.1, -0.05) is 5.16 Å². The fraction of sp³-hybridized carbons (Fsp3) is 0.625. The van der Waals surface area contributed by atoms with E-state index >= 15 is 0 Å². The second kappa shape index (κ2) is 3.66. The standard InChI is InChI=1S/C8H10N2O3/c11-5-7-9-8(13-10-7)4-6-2-1-3-12-6/h5-6H,1-4H2.